The summed E-state index contributed by atoms with van der Waals surface area (Å²) in [6.07, 6.45) is 0. The predicted octanol–water partition coefficient (Wildman–Crippen LogP) is 3.45. The Morgan fingerprint density at radius 1 is 1.62 bits per heavy atom. The van der Waals surface area contributed by atoms with Crippen molar-refractivity contribution < 1.29 is 4.79 Å². The molecule has 0 saturated carbocycles. The average Bonchev–Trinajstić information content (AvgIpc) is 2.08. The fourth-order valence-electron chi connectivity index (χ4n) is 0.956. The maximum absolute atomic E-state index is 11.0. The summed E-state index contributed by atoms with van der Waals surface area (Å²) >= 11 is 12.4. The lowest BCUT2D eigenvalue weighted by atomic mass is 10.1. The maximum atomic E-state index is 11.0. The summed E-state index contributed by atoms with van der Waals surface area (Å²) in [6.45, 7) is 1.48. The number of Topliss-reactive ketones (excluding diaryl/α,β-unsaturated/α-hetero) is 1. The van der Waals surface area contributed by atoms with Gasteiger partial charge in [0.2, 0.25) is 0 Å². The third kappa shape index (κ3) is 2.60. The quantitative estimate of drug-likeness (QED) is 0.500. The van der Waals surface area contributed by atoms with Crippen molar-refractivity contribution in [2.24, 2.45) is 0 Å². The summed E-state index contributed by atoms with van der Waals surface area (Å²) < 4.78 is 1.00. The summed E-state index contributed by atoms with van der Waals surface area (Å²) in [6, 6.07) is 5.62. The average molecular weight is 327 g/mol. The molecule has 0 amide bonds. The Hall–Kier alpha value is 0.260. The molecular weight excluding hydrogens is 319 g/mol. The molecule has 1 unspecified atom stereocenters. The number of benzene rings is 1. The summed E-state index contributed by atoms with van der Waals surface area (Å²) in [7, 11) is 0. The zero-order valence-corrected chi connectivity index (χ0v) is 10.7. The van der Waals surface area contributed by atoms with E-state index in [0.29, 0.717) is 0 Å². The number of hydrogen-bond acceptors (Lipinski definition) is 2. The number of ketones is 1. The number of alkyl halides is 1. The fourth-order valence-corrected chi connectivity index (χ4v) is 2.01. The van der Waals surface area contributed by atoms with Crippen LogP contribution in [0.25, 0.3) is 0 Å². The summed E-state index contributed by atoms with van der Waals surface area (Å²) in [5.41, 5.74) is 0.782. The molecule has 0 heterocycles. The van der Waals surface area contributed by atoms with Gasteiger partial charge in [0.1, 0.15) is 5.38 Å². The lowest BCUT2D eigenvalue weighted by Crippen LogP contribution is -2.03. The van der Waals surface area contributed by atoms with E-state index in [1.54, 1.807) is 0 Å². The standard InChI is InChI=1S/C9H8ClIOS/c1-5(12)8(10)6-3-2-4-7(11)9(6)13/h2-4,8,13H,1H3. The first-order valence-corrected chi connectivity index (χ1v) is 5.62. The Labute approximate surface area is 101 Å². The van der Waals surface area contributed by atoms with E-state index in [-0.39, 0.29) is 5.78 Å². The predicted molar refractivity (Wildman–Crippen MR) is 65.7 cm³/mol. The lowest BCUT2D eigenvalue weighted by molar-refractivity contribution is -0.116. The molecule has 13 heavy (non-hydrogen) atoms. The third-order valence-electron chi connectivity index (χ3n) is 1.65. The first kappa shape index (κ1) is 11.3. The van der Waals surface area contributed by atoms with E-state index in [1.807, 2.05) is 18.2 Å². The van der Waals surface area contributed by atoms with E-state index in [2.05, 4.69) is 35.2 Å². The number of thiol groups is 1. The molecule has 0 N–H and O–H groups in total. The van der Waals surface area contributed by atoms with Gasteiger partial charge in [-0.3, -0.25) is 4.79 Å². The molecule has 1 aromatic rings. The second kappa shape index (κ2) is 4.66. The molecule has 0 aromatic heterocycles. The molecule has 0 saturated heterocycles. The van der Waals surface area contributed by atoms with Crippen LogP contribution < -0.4 is 0 Å². The van der Waals surface area contributed by atoms with Crippen LogP contribution in [0.5, 0.6) is 0 Å². The lowest BCUT2D eigenvalue weighted by Gasteiger charge is -2.09. The topological polar surface area (TPSA) is 17.1 Å². The Morgan fingerprint density at radius 3 is 2.77 bits per heavy atom. The van der Waals surface area contributed by atoms with Crippen molar-refractivity contribution in [1.29, 1.82) is 0 Å². The van der Waals surface area contributed by atoms with Gasteiger partial charge < -0.3 is 0 Å². The van der Waals surface area contributed by atoms with E-state index >= 15 is 0 Å². The van der Waals surface area contributed by atoms with Crippen molar-refractivity contribution in [1.82, 2.24) is 0 Å². The molecule has 4 heteroatoms. The third-order valence-corrected chi connectivity index (χ3v) is 4.02. The minimum Gasteiger partial charge on any atom is -0.298 e. The Bertz CT molecular complexity index is 340. The first-order chi connectivity index (χ1) is 6.04. The van der Waals surface area contributed by atoms with Gasteiger partial charge in [-0.1, -0.05) is 12.1 Å². The number of carbonyl (C=O) groups is 1. The molecule has 1 aromatic carbocycles. The van der Waals surface area contributed by atoms with Gasteiger partial charge in [-0.2, -0.15) is 0 Å². The summed E-state index contributed by atoms with van der Waals surface area (Å²) in [5.74, 6) is -0.0565. The Kier molecular flexibility index (Phi) is 4.06. The van der Waals surface area contributed by atoms with Crippen LogP contribution >= 0.6 is 46.8 Å². The van der Waals surface area contributed by atoms with E-state index in [1.165, 1.54) is 6.92 Å². The highest BCUT2D eigenvalue weighted by atomic mass is 127. The van der Waals surface area contributed by atoms with Gasteiger partial charge in [0.25, 0.3) is 0 Å². The molecule has 70 valence electrons. The van der Waals surface area contributed by atoms with E-state index in [9.17, 15) is 4.79 Å². The van der Waals surface area contributed by atoms with E-state index < -0.39 is 5.38 Å². The SMILES string of the molecule is CC(=O)C(Cl)c1cccc(I)c1S. The summed E-state index contributed by atoms with van der Waals surface area (Å²) in [4.78, 5) is 11.8. The second-order valence-electron chi connectivity index (χ2n) is 2.65. The molecule has 0 bridgehead atoms. The molecule has 0 aliphatic rings. The van der Waals surface area contributed by atoms with Crippen LogP contribution in [0.1, 0.15) is 17.9 Å². The Morgan fingerprint density at radius 2 is 2.23 bits per heavy atom. The van der Waals surface area contributed by atoms with Crippen molar-refractivity contribution in [3.63, 3.8) is 0 Å². The zero-order valence-electron chi connectivity index (χ0n) is 6.92. The number of rotatable bonds is 2. The van der Waals surface area contributed by atoms with Gasteiger partial charge in [0.15, 0.2) is 5.78 Å². The van der Waals surface area contributed by atoms with Crippen LogP contribution in [0.3, 0.4) is 0 Å². The molecule has 1 nitrogen and oxygen atoms in total. The van der Waals surface area contributed by atoms with Crippen molar-refractivity contribution in [2.45, 2.75) is 17.2 Å². The van der Waals surface area contributed by atoms with Crippen molar-refractivity contribution in [3.8, 4) is 0 Å². The van der Waals surface area contributed by atoms with Crippen LogP contribution in [0.15, 0.2) is 23.1 Å². The molecule has 0 radical (unpaired) electrons. The smallest absolute Gasteiger partial charge is 0.152 e. The van der Waals surface area contributed by atoms with Crippen LogP contribution in [0, 0.1) is 3.57 Å². The highest BCUT2D eigenvalue weighted by molar-refractivity contribution is 14.1. The second-order valence-corrected chi connectivity index (χ2v) is 4.70. The molecule has 1 atom stereocenters. The molecule has 0 aliphatic carbocycles. The van der Waals surface area contributed by atoms with Gasteiger partial charge >= 0.3 is 0 Å². The number of hydrogen-bond donors (Lipinski definition) is 1. The van der Waals surface area contributed by atoms with Crippen LogP contribution in [-0.4, -0.2) is 5.78 Å². The molecular formula is C9H8ClIOS. The zero-order chi connectivity index (χ0) is 10.0. The summed E-state index contributed by atoms with van der Waals surface area (Å²) in [5, 5.41) is -0.581. The van der Waals surface area contributed by atoms with Crippen LogP contribution in [0.4, 0.5) is 0 Å². The first-order valence-electron chi connectivity index (χ1n) is 3.66. The van der Waals surface area contributed by atoms with Gasteiger partial charge in [-0.15, -0.1) is 24.2 Å². The van der Waals surface area contributed by atoms with Crippen molar-refractivity contribution >= 4 is 52.6 Å². The molecule has 0 aliphatic heterocycles. The number of halogens is 2. The maximum Gasteiger partial charge on any atom is 0.152 e. The normalized spacial score (nSPS) is 12.6. The number of carbonyl (C=O) groups excluding carboxylic acids is 1. The minimum atomic E-state index is -0.581. The molecule has 0 fully saturated rings. The van der Waals surface area contributed by atoms with E-state index in [4.69, 9.17) is 11.6 Å². The van der Waals surface area contributed by atoms with Crippen LogP contribution in [-0.2, 0) is 4.79 Å². The van der Waals surface area contributed by atoms with E-state index in [0.717, 1.165) is 14.0 Å². The van der Waals surface area contributed by atoms with Crippen molar-refractivity contribution in [2.75, 3.05) is 0 Å². The minimum absolute atomic E-state index is 0.0565. The molecule has 0 spiro atoms. The Balaban J connectivity index is 3.15. The highest BCUT2D eigenvalue weighted by Gasteiger charge is 2.16. The molecule has 1 rings (SSSR count). The van der Waals surface area contributed by atoms with Gasteiger partial charge in [0, 0.05) is 8.47 Å². The van der Waals surface area contributed by atoms with Gasteiger partial charge in [0.05, 0.1) is 0 Å². The van der Waals surface area contributed by atoms with Gasteiger partial charge in [-0.25, -0.2) is 0 Å². The van der Waals surface area contributed by atoms with Crippen LogP contribution in [0.2, 0.25) is 0 Å². The van der Waals surface area contributed by atoms with Gasteiger partial charge in [-0.05, 0) is 41.1 Å². The fraction of sp³-hybridized carbons (Fsp3) is 0.222. The van der Waals surface area contributed by atoms with Crippen molar-refractivity contribution in [3.05, 3.63) is 27.3 Å². The monoisotopic (exact) mass is 326 g/mol. The highest BCUT2D eigenvalue weighted by Crippen LogP contribution is 2.30. The largest absolute Gasteiger partial charge is 0.298 e.